The van der Waals surface area contributed by atoms with Gasteiger partial charge in [-0.25, -0.2) is 13.6 Å². The fourth-order valence-electron chi connectivity index (χ4n) is 2.42. The number of aromatic nitrogens is 1. The number of rotatable bonds is 4. The van der Waals surface area contributed by atoms with Crippen LogP contribution in [-0.2, 0) is 16.4 Å². The average molecular weight is 328 g/mol. The van der Waals surface area contributed by atoms with Crippen molar-refractivity contribution in [2.24, 2.45) is 5.14 Å². The van der Waals surface area contributed by atoms with Crippen molar-refractivity contribution in [3.05, 3.63) is 71.5 Å². The van der Waals surface area contributed by atoms with Crippen LogP contribution in [0, 0.1) is 6.92 Å². The molecule has 0 spiro atoms. The first kappa shape index (κ1) is 15.5. The third kappa shape index (κ3) is 3.33. The van der Waals surface area contributed by atoms with Crippen LogP contribution in [0.5, 0.6) is 0 Å². The van der Waals surface area contributed by atoms with Crippen LogP contribution in [0.25, 0.3) is 11.3 Å². The molecule has 0 bridgehead atoms. The fraction of sp³-hybridized carbons (Fsp3) is 0.118. The number of nitrogens with zero attached hydrogens (tertiary/aromatic N) is 1. The van der Waals surface area contributed by atoms with Crippen molar-refractivity contribution in [2.45, 2.75) is 18.2 Å². The Bertz CT molecular complexity index is 914. The highest BCUT2D eigenvalue weighted by atomic mass is 32.2. The molecule has 2 N–H and O–H groups in total. The third-order valence-corrected chi connectivity index (χ3v) is 4.59. The van der Waals surface area contributed by atoms with Crippen molar-refractivity contribution in [3.63, 3.8) is 0 Å². The molecule has 23 heavy (non-hydrogen) atoms. The smallest absolute Gasteiger partial charge is 0.238 e. The monoisotopic (exact) mass is 328 g/mol. The van der Waals surface area contributed by atoms with Gasteiger partial charge in [-0.2, -0.15) is 0 Å². The van der Waals surface area contributed by atoms with Gasteiger partial charge in [0, 0.05) is 17.5 Å². The molecular formula is C17H16N2O3S. The Hall–Kier alpha value is -2.44. The lowest BCUT2D eigenvalue weighted by atomic mass is 10.00. The van der Waals surface area contributed by atoms with Crippen molar-refractivity contribution >= 4 is 10.0 Å². The van der Waals surface area contributed by atoms with Gasteiger partial charge in [0.2, 0.25) is 10.0 Å². The van der Waals surface area contributed by atoms with Crippen molar-refractivity contribution in [1.82, 2.24) is 5.16 Å². The minimum atomic E-state index is -3.67. The fourth-order valence-corrected chi connectivity index (χ4v) is 2.94. The summed E-state index contributed by atoms with van der Waals surface area (Å²) in [7, 11) is -3.67. The van der Waals surface area contributed by atoms with Crippen LogP contribution in [0.1, 0.15) is 16.9 Å². The molecule has 6 heteroatoms. The van der Waals surface area contributed by atoms with Gasteiger partial charge >= 0.3 is 0 Å². The van der Waals surface area contributed by atoms with Gasteiger partial charge in [-0.15, -0.1) is 0 Å². The molecule has 0 saturated heterocycles. The summed E-state index contributed by atoms with van der Waals surface area (Å²) in [4.78, 5) is 0.103. The summed E-state index contributed by atoms with van der Waals surface area (Å²) in [5.74, 6) is 0.749. The van der Waals surface area contributed by atoms with Gasteiger partial charge in [0.25, 0.3) is 0 Å². The van der Waals surface area contributed by atoms with Gasteiger partial charge in [0.15, 0.2) is 0 Å². The molecule has 0 atom stereocenters. The van der Waals surface area contributed by atoms with Crippen molar-refractivity contribution in [2.75, 3.05) is 0 Å². The number of sulfonamides is 1. The highest BCUT2D eigenvalue weighted by Gasteiger charge is 2.15. The quantitative estimate of drug-likeness (QED) is 0.798. The predicted octanol–water partition coefficient (Wildman–Crippen LogP) is 2.89. The zero-order chi connectivity index (χ0) is 16.4. The molecule has 1 heterocycles. The standard InChI is InChI=1S/C17H16N2O3S/c1-12-16(17(19-22-12)14-5-3-2-4-6-14)11-13-7-9-15(10-8-13)23(18,20)21/h2-10H,11H2,1H3,(H2,18,20,21). The molecule has 0 aliphatic carbocycles. The van der Waals surface area contributed by atoms with Crippen molar-refractivity contribution < 1.29 is 12.9 Å². The zero-order valence-corrected chi connectivity index (χ0v) is 13.4. The second-order valence-corrected chi connectivity index (χ2v) is 6.86. The van der Waals surface area contributed by atoms with E-state index in [0.717, 1.165) is 28.1 Å². The van der Waals surface area contributed by atoms with Gasteiger partial charge in [-0.1, -0.05) is 47.6 Å². The van der Waals surface area contributed by atoms with E-state index >= 15 is 0 Å². The molecule has 0 unspecified atom stereocenters. The molecule has 0 saturated carbocycles. The highest BCUT2D eigenvalue weighted by Crippen LogP contribution is 2.27. The Balaban J connectivity index is 1.93. The number of nitrogens with two attached hydrogens (primary N) is 1. The van der Waals surface area contributed by atoms with E-state index in [1.165, 1.54) is 12.1 Å². The Morgan fingerprint density at radius 1 is 1.04 bits per heavy atom. The van der Waals surface area contributed by atoms with E-state index in [9.17, 15) is 8.42 Å². The molecule has 3 rings (SSSR count). The lowest BCUT2D eigenvalue weighted by Crippen LogP contribution is -2.11. The van der Waals surface area contributed by atoms with E-state index in [2.05, 4.69) is 5.16 Å². The van der Waals surface area contributed by atoms with Crippen LogP contribution < -0.4 is 5.14 Å². The van der Waals surface area contributed by atoms with Crippen molar-refractivity contribution in [3.8, 4) is 11.3 Å². The molecule has 0 fully saturated rings. The first-order valence-corrected chi connectivity index (χ1v) is 8.62. The minimum Gasteiger partial charge on any atom is -0.361 e. The average Bonchev–Trinajstić information content (AvgIpc) is 2.89. The molecule has 3 aromatic rings. The second kappa shape index (κ2) is 5.98. The summed E-state index contributed by atoms with van der Waals surface area (Å²) in [5.41, 5.74) is 3.74. The molecule has 0 aliphatic heterocycles. The topological polar surface area (TPSA) is 86.2 Å². The molecule has 118 valence electrons. The van der Waals surface area contributed by atoms with Gasteiger partial charge in [0.1, 0.15) is 11.5 Å². The van der Waals surface area contributed by atoms with E-state index < -0.39 is 10.0 Å². The van der Waals surface area contributed by atoms with Gasteiger partial charge in [0.05, 0.1) is 4.90 Å². The van der Waals surface area contributed by atoms with Crippen LogP contribution >= 0.6 is 0 Å². The summed E-state index contributed by atoms with van der Waals surface area (Å²) in [6, 6.07) is 16.3. The van der Waals surface area contributed by atoms with Crippen LogP contribution in [0.2, 0.25) is 0 Å². The Labute approximate surface area is 134 Å². The Kier molecular flexibility index (Phi) is 4.02. The maximum Gasteiger partial charge on any atom is 0.238 e. The maximum absolute atomic E-state index is 11.3. The number of hydrogen-bond donors (Lipinski definition) is 1. The first-order chi connectivity index (χ1) is 10.9. The van der Waals surface area contributed by atoms with E-state index in [1.807, 2.05) is 37.3 Å². The second-order valence-electron chi connectivity index (χ2n) is 5.30. The van der Waals surface area contributed by atoms with Crippen LogP contribution in [-0.4, -0.2) is 13.6 Å². The Morgan fingerprint density at radius 2 is 1.70 bits per heavy atom. The highest BCUT2D eigenvalue weighted by molar-refractivity contribution is 7.89. The number of aryl methyl sites for hydroxylation is 1. The van der Waals surface area contributed by atoms with Crippen LogP contribution in [0.15, 0.2) is 64.0 Å². The normalized spacial score (nSPS) is 11.6. The summed E-state index contributed by atoms with van der Waals surface area (Å²) >= 11 is 0. The number of primary sulfonamides is 1. The van der Waals surface area contributed by atoms with E-state index in [0.29, 0.717) is 6.42 Å². The SMILES string of the molecule is Cc1onc(-c2ccccc2)c1Cc1ccc(S(N)(=O)=O)cc1. The third-order valence-electron chi connectivity index (χ3n) is 3.66. The summed E-state index contributed by atoms with van der Waals surface area (Å²) < 4.78 is 27.9. The van der Waals surface area contributed by atoms with E-state index in [-0.39, 0.29) is 4.90 Å². The van der Waals surface area contributed by atoms with E-state index in [1.54, 1.807) is 12.1 Å². The zero-order valence-electron chi connectivity index (χ0n) is 12.6. The first-order valence-electron chi connectivity index (χ1n) is 7.07. The number of hydrogen-bond acceptors (Lipinski definition) is 4. The lowest BCUT2D eigenvalue weighted by Gasteiger charge is -2.05. The molecule has 5 nitrogen and oxygen atoms in total. The largest absolute Gasteiger partial charge is 0.361 e. The van der Waals surface area contributed by atoms with Gasteiger partial charge < -0.3 is 4.52 Å². The molecule has 1 aromatic heterocycles. The number of benzene rings is 2. The maximum atomic E-state index is 11.3. The summed E-state index contributed by atoms with van der Waals surface area (Å²) in [6.07, 6.45) is 0.602. The summed E-state index contributed by atoms with van der Waals surface area (Å²) in [6.45, 7) is 1.87. The van der Waals surface area contributed by atoms with Gasteiger partial charge in [-0.05, 0) is 24.6 Å². The lowest BCUT2D eigenvalue weighted by molar-refractivity contribution is 0.398. The van der Waals surface area contributed by atoms with Crippen LogP contribution in [0.3, 0.4) is 0 Å². The molecular weight excluding hydrogens is 312 g/mol. The van der Waals surface area contributed by atoms with E-state index in [4.69, 9.17) is 9.66 Å². The minimum absolute atomic E-state index is 0.103. The van der Waals surface area contributed by atoms with Crippen LogP contribution in [0.4, 0.5) is 0 Å². The summed E-state index contributed by atoms with van der Waals surface area (Å²) in [5, 5.41) is 9.26. The molecule has 2 aromatic carbocycles. The van der Waals surface area contributed by atoms with Crippen molar-refractivity contribution in [1.29, 1.82) is 0 Å². The Morgan fingerprint density at radius 3 is 2.30 bits per heavy atom. The molecule has 0 aliphatic rings. The molecule has 0 amide bonds. The predicted molar refractivity (Wildman–Crippen MR) is 87.3 cm³/mol. The molecule has 0 radical (unpaired) electrons. The van der Waals surface area contributed by atoms with Gasteiger partial charge in [-0.3, -0.25) is 0 Å².